The molecular formula is C11H22O2. The molecule has 0 amide bonds. The average Bonchev–Trinajstić information content (AvgIpc) is 1.98. The van der Waals surface area contributed by atoms with E-state index in [1.807, 2.05) is 13.8 Å². The van der Waals surface area contributed by atoms with Gasteiger partial charge in [0, 0.05) is 0 Å². The lowest BCUT2D eigenvalue weighted by molar-refractivity contribution is -0.148. The van der Waals surface area contributed by atoms with Crippen molar-refractivity contribution in [3.63, 3.8) is 0 Å². The molecule has 2 nitrogen and oxygen atoms in total. The van der Waals surface area contributed by atoms with Crippen LogP contribution in [0, 0.1) is 10.8 Å². The standard InChI is InChI=1S/C11H22O2/c1-6-11(5,9(12)13)8-7-10(2,3)4/h6-8H2,1-5H3,(H,12,13). The summed E-state index contributed by atoms with van der Waals surface area (Å²) in [5.74, 6) is -0.667. The lowest BCUT2D eigenvalue weighted by Gasteiger charge is -2.27. The van der Waals surface area contributed by atoms with Crippen molar-refractivity contribution in [1.82, 2.24) is 0 Å². The van der Waals surface area contributed by atoms with Crippen molar-refractivity contribution in [3.8, 4) is 0 Å². The van der Waals surface area contributed by atoms with Crippen LogP contribution in [0.15, 0.2) is 0 Å². The fourth-order valence-corrected chi connectivity index (χ4v) is 1.09. The zero-order valence-corrected chi connectivity index (χ0v) is 9.48. The van der Waals surface area contributed by atoms with Crippen LogP contribution in [-0.2, 0) is 4.79 Å². The third-order valence-corrected chi connectivity index (χ3v) is 2.72. The van der Waals surface area contributed by atoms with Crippen LogP contribution < -0.4 is 0 Å². The molecule has 0 fully saturated rings. The molecule has 78 valence electrons. The first-order chi connectivity index (χ1) is 5.71. The monoisotopic (exact) mass is 186 g/mol. The molecule has 0 aliphatic heterocycles. The molecule has 0 aliphatic rings. The Morgan fingerprint density at radius 3 is 1.85 bits per heavy atom. The number of aliphatic carboxylic acids is 1. The smallest absolute Gasteiger partial charge is 0.309 e. The number of carboxylic acids is 1. The van der Waals surface area contributed by atoms with Gasteiger partial charge in [-0.3, -0.25) is 4.79 Å². The summed E-state index contributed by atoms with van der Waals surface area (Å²) in [7, 11) is 0. The lowest BCUT2D eigenvalue weighted by atomic mass is 9.77. The van der Waals surface area contributed by atoms with Crippen LogP contribution >= 0.6 is 0 Å². The summed E-state index contributed by atoms with van der Waals surface area (Å²) in [5.41, 5.74) is -0.306. The molecule has 0 aliphatic carbocycles. The number of carbonyl (C=O) groups is 1. The molecule has 0 spiro atoms. The molecule has 0 saturated heterocycles. The molecule has 13 heavy (non-hydrogen) atoms. The van der Waals surface area contributed by atoms with Gasteiger partial charge in [-0.1, -0.05) is 27.7 Å². The summed E-state index contributed by atoms with van der Waals surface area (Å²) in [6.45, 7) is 10.2. The summed E-state index contributed by atoms with van der Waals surface area (Å²) in [6.07, 6.45) is 2.43. The van der Waals surface area contributed by atoms with E-state index in [1.165, 1.54) is 0 Å². The molecule has 2 heteroatoms. The largest absolute Gasteiger partial charge is 0.481 e. The van der Waals surface area contributed by atoms with Gasteiger partial charge >= 0.3 is 5.97 Å². The van der Waals surface area contributed by atoms with Crippen LogP contribution in [0.5, 0.6) is 0 Å². The first kappa shape index (κ1) is 12.5. The molecule has 0 aromatic carbocycles. The Bertz CT molecular complexity index is 179. The van der Waals surface area contributed by atoms with Crippen LogP contribution in [0.25, 0.3) is 0 Å². The Morgan fingerprint density at radius 2 is 1.62 bits per heavy atom. The van der Waals surface area contributed by atoms with Gasteiger partial charge in [0.1, 0.15) is 0 Å². The zero-order chi connectivity index (χ0) is 10.7. The van der Waals surface area contributed by atoms with Crippen LogP contribution in [0.3, 0.4) is 0 Å². The maximum absolute atomic E-state index is 11.0. The Balaban J connectivity index is 4.22. The lowest BCUT2D eigenvalue weighted by Crippen LogP contribution is -2.28. The average molecular weight is 186 g/mol. The van der Waals surface area contributed by atoms with E-state index in [0.717, 1.165) is 12.8 Å². The topological polar surface area (TPSA) is 37.3 Å². The quantitative estimate of drug-likeness (QED) is 0.731. The molecule has 0 aromatic rings. The fraction of sp³-hybridized carbons (Fsp3) is 0.909. The minimum atomic E-state index is -0.667. The first-order valence-electron chi connectivity index (χ1n) is 4.95. The zero-order valence-electron chi connectivity index (χ0n) is 9.48. The number of rotatable bonds is 4. The maximum atomic E-state index is 11.0. The Labute approximate surface area is 81.3 Å². The van der Waals surface area contributed by atoms with Crippen LogP contribution in [0.4, 0.5) is 0 Å². The van der Waals surface area contributed by atoms with Gasteiger partial charge in [-0.25, -0.2) is 0 Å². The third kappa shape index (κ3) is 4.30. The van der Waals surface area contributed by atoms with E-state index in [2.05, 4.69) is 20.8 Å². The third-order valence-electron chi connectivity index (χ3n) is 2.72. The highest BCUT2D eigenvalue weighted by Crippen LogP contribution is 2.33. The second kappa shape index (κ2) is 4.12. The van der Waals surface area contributed by atoms with E-state index >= 15 is 0 Å². The van der Waals surface area contributed by atoms with Crippen LogP contribution in [0.2, 0.25) is 0 Å². The van der Waals surface area contributed by atoms with Gasteiger partial charge in [-0.2, -0.15) is 0 Å². The van der Waals surface area contributed by atoms with Crippen LogP contribution in [-0.4, -0.2) is 11.1 Å². The van der Waals surface area contributed by atoms with Crippen molar-refractivity contribution in [2.45, 2.75) is 53.9 Å². The van der Waals surface area contributed by atoms with Crippen LogP contribution in [0.1, 0.15) is 53.9 Å². The molecule has 1 N–H and O–H groups in total. The normalized spacial score (nSPS) is 16.7. The Kier molecular flexibility index (Phi) is 3.95. The highest BCUT2D eigenvalue weighted by molar-refractivity contribution is 5.73. The maximum Gasteiger partial charge on any atom is 0.309 e. The molecule has 0 bridgehead atoms. The molecule has 1 atom stereocenters. The number of carboxylic acid groups (broad SMARTS) is 1. The first-order valence-corrected chi connectivity index (χ1v) is 4.95. The van der Waals surface area contributed by atoms with E-state index in [0.29, 0.717) is 6.42 Å². The minimum absolute atomic E-state index is 0.228. The van der Waals surface area contributed by atoms with Crippen molar-refractivity contribution in [1.29, 1.82) is 0 Å². The van der Waals surface area contributed by atoms with E-state index < -0.39 is 11.4 Å². The fourth-order valence-electron chi connectivity index (χ4n) is 1.09. The van der Waals surface area contributed by atoms with Crippen molar-refractivity contribution >= 4 is 5.97 Å². The molecular weight excluding hydrogens is 164 g/mol. The van der Waals surface area contributed by atoms with Crippen molar-refractivity contribution in [3.05, 3.63) is 0 Å². The van der Waals surface area contributed by atoms with Crippen molar-refractivity contribution < 1.29 is 9.90 Å². The SMILES string of the molecule is CCC(C)(CCC(C)(C)C)C(=O)O. The predicted molar refractivity (Wildman–Crippen MR) is 54.7 cm³/mol. The molecule has 0 aromatic heterocycles. The van der Waals surface area contributed by atoms with Crippen molar-refractivity contribution in [2.24, 2.45) is 10.8 Å². The van der Waals surface area contributed by atoms with Gasteiger partial charge in [-0.15, -0.1) is 0 Å². The Morgan fingerprint density at radius 1 is 1.15 bits per heavy atom. The van der Waals surface area contributed by atoms with Crippen molar-refractivity contribution in [2.75, 3.05) is 0 Å². The second-order valence-corrected chi connectivity index (χ2v) is 5.28. The molecule has 1 unspecified atom stereocenters. The molecule has 0 radical (unpaired) electrons. The summed E-state index contributed by atoms with van der Waals surface area (Å²) in [4.78, 5) is 11.0. The number of hydrogen-bond donors (Lipinski definition) is 1. The van der Waals surface area contributed by atoms with Gasteiger partial charge in [-0.05, 0) is 31.6 Å². The molecule has 0 heterocycles. The van der Waals surface area contributed by atoms with Gasteiger partial charge in [0.2, 0.25) is 0 Å². The van der Waals surface area contributed by atoms with E-state index in [-0.39, 0.29) is 5.41 Å². The second-order valence-electron chi connectivity index (χ2n) is 5.28. The molecule has 0 rings (SSSR count). The highest BCUT2D eigenvalue weighted by atomic mass is 16.4. The van der Waals surface area contributed by atoms with E-state index in [1.54, 1.807) is 0 Å². The predicted octanol–water partition coefficient (Wildman–Crippen LogP) is 3.31. The van der Waals surface area contributed by atoms with Gasteiger partial charge in [0.25, 0.3) is 0 Å². The summed E-state index contributed by atoms with van der Waals surface area (Å²) >= 11 is 0. The summed E-state index contributed by atoms with van der Waals surface area (Å²) in [6, 6.07) is 0. The summed E-state index contributed by atoms with van der Waals surface area (Å²) < 4.78 is 0. The van der Waals surface area contributed by atoms with Gasteiger partial charge in [0.05, 0.1) is 5.41 Å². The Hall–Kier alpha value is -0.530. The minimum Gasteiger partial charge on any atom is -0.481 e. The highest BCUT2D eigenvalue weighted by Gasteiger charge is 2.31. The number of hydrogen-bond acceptors (Lipinski definition) is 1. The van der Waals surface area contributed by atoms with E-state index in [9.17, 15) is 4.79 Å². The molecule has 0 saturated carbocycles. The van der Waals surface area contributed by atoms with Gasteiger partial charge < -0.3 is 5.11 Å². The van der Waals surface area contributed by atoms with Gasteiger partial charge in [0.15, 0.2) is 0 Å². The summed E-state index contributed by atoms with van der Waals surface area (Å²) in [5, 5.41) is 9.03. The van der Waals surface area contributed by atoms with E-state index in [4.69, 9.17) is 5.11 Å².